The number of hydrogen-bond donors (Lipinski definition) is 4. The lowest BCUT2D eigenvalue weighted by Gasteiger charge is -2.21. The van der Waals surface area contributed by atoms with E-state index in [0.29, 0.717) is 17.8 Å². The van der Waals surface area contributed by atoms with Crippen LogP contribution in [0, 0.1) is 0 Å². The summed E-state index contributed by atoms with van der Waals surface area (Å²) in [6, 6.07) is 2.26. The van der Waals surface area contributed by atoms with E-state index in [1.807, 2.05) is 0 Å². The van der Waals surface area contributed by atoms with Crippen molar-refractivity contribution in [2.75, 3.05) is 5.43 Å². The largest absolute Gasteiger partial charge is 0.340 e. The van der Waals surface area contributed by atoms with Crippen molar-refractivity contribution in [1.82, 2.24) is 15.6 Å². The van der Waals surface area contributed by atoms with Gasteiger partial charge in [0.25, 0.3) is 5.91 Å². The molecule has 19 heavy (non-hydrogen) atoms. The van der Waals surface area contributed by atoms with Crippen molar-refractivity contribution in [3.63, 3.8) is 0 Å². The fourth-order valence-corrected chi connectivity index (χ4v) is 1.72. The number of nitrogens with one attached hydrogen (secondary N) is 3. The van der Waals surface area contributed by atoms with Crippen LogP contribution in [-0.4, -0.2) is 28.7 Å². The zero-order valence-corrected chi connectivity index (χ0v) is 9.97. The number of carbonyl (C=O) groups excluding carboxylic acids is 3. The highest BCUT2D eigenvalue weighted by Crippen LogP contribution is 2.08. The number of rotatable bonds is 3. The van der Waals surface area contributed by atoms with Crippen LogP contribution in [0.4, 0.5) is 5.82 Å². The molecule has 1 atom stereocenters. The number of anilines is 1. The van der Waals surface area contributed by atoms with Crippen LogP contribution >= 0.6 is 0 Å². The lowest BCUT2D eigenvalue weighted by atomic mass is 10.1. The summed E-state index contributed by atoms with van der Waals surface area (Å²) in [5.41, 5.74) is 2.65. The van der Waals surface area contributed by atoms with Crippen LogP contribution in [0.5, 0.6) is 0 Å². The number of hydrogen-bond acceptors (Lipinski definition) is 6. The molecule has 1 aliphatic heterocycles. The van der Waals surface area contributed by atoms with Gasteiger partial charge in [-0.3, -0.25) is 19.7 Å². The Balaban J connectivity index is 2.04. The first-order valence-electron chi connectivity index (χ1n) is 5.67. The molecule has 0 radical (unpaired) electrons. The summed E-state index contributed by atoms with van der Waals surface area (Å²) in [6.45, 7) is 0. The van der Waals surface area contributed by atoms with E-state index in [4.69, 9.17) is 5.84 Å². The van der Waals surface area contributed by atoms with Crippen LogP contribution in [0.2, 0.25) is 0 Å². The zero-order valence-electron chi connectivity index (χ0n) is 9.97. The first-order valence-corrected chi connectivity index (χ1v) is 5.67. The quantitative estimate of drug-likeness (QED) is 0.311. The standard InChI is InChI=1S/C11H13N5O3/c12-16-8-5-6(3-4-13-8)10(18)14-7-1-2-9(17)15-11(7)19/h3-5,7H,1-2,12H2,(H,13,16)(H,14,18)(H,15,17,19). The predicted octanol–water partition coefficient (Wildman–Crippen LogP) is -1.10. The molecule has 2 heterocycles. The predicted molar refractivity (Wildman–Crippen MR) is 65.7 cm³/mol. The molecule has 2 rings (SSSR count). The van der Waals surface area contributed by atoms with Crippen molar-refractivity contribution < 1.29 is 14.4 Å². The van der Waals surface area contributed by atoms with Gasteiger partial charge in [-0.15, -0.1) is 0 Å². The third kappa shape index (κ3) is 3.05. The second-order valence-corrected chi connectivity index (χ2v) is 4.05. The Hall–Kier alpha value is -2.48. The second-order valence-electron chi connectivity index (χ2n) is 4.05. The zero-order chi connectivity index (χ0) is 13.8. The summed E-state index contributed by atoms with van der Waals surface area (Å²) >= 11 is 0. The molecule has 0 aromatic carbocycles. The Morgan fingerprint density at radius 1 is 1.47 bits per heavy atom. The number of aromatic nitrogens is 1. The Labute approximate surface area is 108 Å². The minimum absolute atomic E-state index is 0.211. The van der Waals surface area contributed by atoms with E-state index in [0.717, 1.165) is 0 Å². The molecule has 0 saturated carbocycles. The Morgan fingerprint density at radius 2 is 2.26 bits per heavy atom. The summed E-state index contributed by atoms with van der Waals surface area (Å²) in [5.74, 6) is 4.30. The Bertz CT molecular complexity index is 531. The van der Waals surface area contributed by atoms with Gasteiger partial charge in [-0.2, -0.15) is 0 Å². The van der Waals surface area contributed by atoms with Gasteiger partial charge in [-0.25, -0.2) is 10.8 Å². The van der Waals surface area contributed by atoms with Gasteiger partial charge in [0.1, 0.15) is 11.9 Å². The minimum Gasteiger partial charge on any atom is -0.340 e. The SMILES string of the molecule is NNc1cc(C(=O)NC2CCC(=O)NC2=O)ccn1. The highest BCUT2D eigenvalue weighted by atomic mass is 16.2. The molecule has 1 unspecified atom stereocenters. The minimum atomic E-state index is -0.701. The van der Waals surface area contributed by atoms with Crippen LogP contribution in [0.3, 0.4) is 0 Å². The number of nitrogens with zero attached hydrogens (tertiary/aromatic N) is 1. The van der Waals surface area contributed by atoms with Crippen LogP contribution < -0.4 is 21.9 Å². The molecule has 1 fully saturated rings. The Kier molecular flexibility index (Phi) is 3.71. The molecule has 0 aliphatic carbocycles. The summed E-state index contributed by atoms with van der Waals surface area (Å²) in [5, 5.41) is 4.73. The maximum absolute atomic E-state index is 11.9. The third-order valence-corrected chi connectivity index (χ3v) is 2.71. The monoisotopic (exact) mass is 263 g/mol. The molecular formula is C11H13N5O3. The molecule has 8 nitrogen and oxygen atoms in total. The summed E-state index contributed by atoms with van der Waals surface area (Å²) in [7, 11) is 0. The first kappa shape index (κ1) is 13.0. The Morgan fingerprint density at radius 3 is 2.95 bits per heavy atom. The van der Waals surface area contributed by atoms with E-state index < -0.39 is 17.9 Å². The molecule has 1 aliphatic rings. The van der Waals surface area contributed by atoms with Crippen LogP contribution in [0.1, 0.15) is 23.2 Å². The van der Waals surface area contributed by atoms with E-state index in [9.17, 15) is 14.4 Å². The van der Waals surface area contributed by atoms with Crippen molar-refractivity contribution >= 4 is 23.5 Å². The number of pyridine rings is 1. The van der Waals surface area contributed by atoms with E-state index in [1.165, 1.54) is 18.3 Å². The lowest BCUT2D eigenvalue weighted by Crippen LogP contribution is -2.52. The van der Waals surface area contributed by atoms with E-state index in [1.54, 1.807) is 0 Å². The molecule has 5 N–H and O–H groups in total. The maximum Gasteiger partial charge on any atom is 0.252 e. The van der Waals surface area contributed by atoms with Gasteiger partial charge in [0, 0.05) is 18.2 Å². The molecule has 1 aromatic heterocycles. The smallest absolute Gasteiger partial charge is 0.252 e. The lowest BCUT2D eigenvalue weighted by molar-refractivity contribution is -0.134. The van der Waals surface area contributed by atoms with Gasteiger partial charge < -0.3 is 10.7 Å². The molecule has 100 valence electrons. The summed E-state index contributed by atoms with van der Waals surface area (Å²) in [6.07, 6.45) is 1.93. The number of nitrogens with two attached hydrogens (primary N) is 1. The maximum atomic E-state index is 11.9. The van der Waals surface area contributed by atoms with Crippen molar-refractivity contribution in [3.8, 4) is 0 Å². The average Bonchev–Trinajstić information content (AvgIpc) is 2.42. The van der Waals surface area contributed by atoms with Crippen molar-refractivity contribution in [2.45, 2.75) is 18.9 Å². The van der Waals surface area contributed by atoms with Gasteiger partial charge in [-0.05, 0) is 18.6 Å². The second kappa shape index (κ2) is 5.44. The fourth-order valence-electron chi connectivity index (χ4n) is 1.72. The topological polar surface area (TPSA) is 126 Å². The normalized spacial score (nSPS) is 18.7. The highest BCUT2D eigenvalue weighted by molar-refractivity contribution is 6.03. The van der Waals surface area contributed by atoms with Crippen molar-refractivity contribution in [3.05, 3.63) is 23.9 Å². The van der Waals surface area contributed by atoms with Gasteiger partial charge in [0.2, 0.25) is 11.8 Å². The molecular weight excluding hydrogens is 250 g/mol. The van der Waals surface area contributed by atoms with E-state index in [-0.39, 0.29) is 12.3 Å². The number of imide groups is 1. The van der Waals surface area contributed by atoms with Gasteiger partial charge in [-0.1, -0.05) is 0 Å². The number of hydrazine groups is 1. The van der Waals surface area contributed by atoms with Gasteiger partial charge in [0.15, 0.2) is 0 Å². The number of amides is 3. The molecule has 0 bridgehead atoms. The summed E-state index contributed by atoms with van der Waals surface area (Å²) < 4.78 is 0. The van der Waals surface area contributed by atoms with Crippen LogP contribution in [0.25, 0.3) is 0 Å². The van der Waals surface area contributed by atoms with Crippen molar-refractivity contribution in [1.29, 1.82) is 0 Å². The summed E-state index contributed by atoms with van der Waals surface area (Å²) in [4.78, 5) is 38.3. The first-order chi connectivity index (χ1) is 9.10. The fraction of sp³-hybridized carbons (Fsp3) is 0.273. The molecule has 1 aromatic rings. The van der Waals surface area contributed by atoms with Crippen LogP contribution in [-0.2, 0) is 9.59 Å². The molecule has 8 heteroatoms. The molecule has 1 saturated heterocycles. The van der Waals surface area contributed by atoms with Gasteiger partial charge >= 0.3 is 0 Å². The molecule has 3 amide bonds. The van der Waals surface area contributed by atoms with Gasteiger partial charge in [0.05, 0.1) is 0 Å². The van der Waals surface area contributed by atoms with Crippen molar-refractivity contribution in [2.24, 2.45) is 5.84 Å². The third-order valence-electron chi connectivity index (χ3n) is 2.71. The number of piperidine rings is 1. The highest BCUT2D eigenvalue weighted by Gasteiger charge is 2.28. The average molecular weight is 263 g/mol. The van der Waals surface area contributed by atoms with E-state index in [2.05, 4.69) is 21.0 Å². The van der Waals surface area contributed by atoms with Crippen LogP contribution in [0.15, 0.2) is 18.3 Å². The van der Waals surface area contributed by atoms with E-state index >= 15 is 0 Å². The number of nitrogen functional groups attached to an aromatic ring is 1. The number of carbonyl (C=O) groups is 3. The molecule has 0 spiro atoms.